The van der Waals surface area contributed by atoms with Crippen LogP contribution in [0.15, 0.2) is 134 Å². The Kier molecular flexibility index (Phi) is 17.2. The Balaban J connectivity index is 0.000000169. The second kappa shape index (κ2) is 24.2. The van der Waals surface area contributed by atoms with Gasteiger partial charge in [0, 0.05) is 83.8 Å². The first-order valence-corrected chi connectivity index (χ1v) is 23.7. The Labute approximate surface area is 407 Å². The first-order chi connectivity index (χ1) is 34.0. The molecule has 5 heterocycles. The molecular formula is C55H62N12O3. The van der Waals surface area contributed by atoms with Crippen LogP contribution in [0.5, 0.6) is 5.88 Å². The zero-order valence-corrected chi connectivity index (χ0v) is 39.8. The van der Waals surface area contributed by atoms with E-state index < -0.39 is 0 Å². The van der Waals surface area contributed by atoms with Gasteiger partial charge in [-0.15, -0.1) is 0 Å². The van der Waals surface area contributed by atoms with Crippen LogP contribution in [-0.2, 0) is 35.2 Å². The minimum atomic E-state index is -0.291. The molecule has 11 N–H and O–H groups in total. The van der Waals surface area contributed by atoms with Crippen LogP contribution >= 0.6 is 0 Å². The molecule has 1 atom stereocenters. The quantitative estimate of drug-likeness (QED) is 0.0216. The van der Waals surface area contributed by atoms with Crippen LogP contribution < -0.4 is 17.2 Å². The fourth-order valence-electron chi connectivity index (χ4n) is 8.17. The first kappa shape index (κ1) is 49.7. The van der Waals surface area contributed by atoms with Gasteiger partial charge >= 0.3 is 0 Å². The molecule has 0 aliphatic carbocycles. The van der Waals surface area contributed by atoms with Gasteiger partial charge in [0.15, 0.2) is 11.4 Å². The number of imidazole rings is 1. The lowest BCUT2D eigenvalue weighted by molar-refractivity contribution is -0.128. The van der Waals surface area contributed by atoms with Crippen molar-refractivity contribution in [3.8, 4) is 28.4 Å². The van der Waals surface area contributed by atoms with Gasteiger partial charge in [-0.1, -0.05) is 97.1 Å². The zero-order valence-electron chi connectivity index (χ0n) is 39.8. The van der Waals surface area contributed by atoms with Gasteiger partial charge in [0.05, 0.1) is 40.6 Å². The number of ether oxygens (including phenoxy) is 1. The summed E-state index contributed by atoms with van der Waals surface area (Å²) < 4.78 is 6.98. The lowest BCUT2D eigenvalue weighted by Gasteiger charge is -2.09. The number of H-pyrrole nitrogens is 2. The van der Waals surface area contributed by atoms with E-state index in [9.17, 15) is 9.90 Å². The number of fused-ring (bicyclic) bond motifs is 3. The Bertz CT molecular complexity index is 3160. The number of carbonyl (C=O) groups is 1. The predicted octanol–water partition coefficient (Wildman–Crippen LogP) is 9.90. The maximum atomic E-state index is 11.6. The van der Waals surface area contributed by atoms with Gasteiger partial charge in [0.2, 0.25) is 5.88 Å². The number of carbonyl (C=O) groups excluding carboxylic acids is 1. The van der Waals surface area contributed by atoms with Gasteiger partial charge < -0.3 is 37.0 Å². The molecule has 4 aromatic carbocycles. The summed E-state index contributed by atoms with van der Waals surface area (Å²) in [6, 6.07) is 35.9. The predicted molar refractivity (Wildman–Crippen MR) is 280 cm³/mol. The number of hydrogen-bond acceptors (Lipinski definition) is 10. The lowest BCUT2D eigenvalue weighted by Crippen LogP contribution is -2.22. The molecule has 0 aliphatic rings. The molecule has 0 aliphatic heterocycles. The maximum Gasteiger partial charge on any atom is 0.219 e. The summed E-state index contributed by atoms with van der Waals surface area (Å²) in [4.78, 5) is 36.9. The normalized spacial score (nSPS) is 11.5. The first-order valence-electron chi connectivity index (χ1n) is 23.7. The molecule has 360 valence electrons. The van der Waals surface area contributed by atoms with Gasteiger partial charge in [-0.2, -0.15) is 0 Å². The number of nitrogens with two attached hydrogens (primary N) is 3. The van der Waals surface area contributed by atoms with Crippen molar-refractivity contribution in [3.05, 3.63) is 162 Å². The Hall–Kier alpha value is -8.17. The summed E-state index contributed by atoms with van der Waals surface area (Å²) in [7, 11) is 0. The molecule has 0 bridgehead atoms. The number of aromatic hydroxyl groups is 1. The van der Waals surface area contributed by atoms with Gasteiger partial charge in [0.25, 0.3) is 0 Å². The van der Waals surface area contributed by atoms with E-state index in [-0.39, 0.29) is 29.4 Å². The number of anilines is 1. The van der Waals surface area contributed by atoms with E-state index in [0.717, 1.165) is 98.9 Å². The minimum absolute atomic E-state index is 0.137. The number of aromatic nitrogens is 7. The van der Waals surface area contributed by atoms with Gasteiger partial charge in [0.1, 0.15) is 17.6 Å². The van der Waals surface area contributed by atoms with Crippen molar-refractivity contribution >= 4 is 50.7 Å². The molecule has 1 unspecified atom stereocenters. The fraction of sp³-hybridized carbons (Fsp3) is 0.255. The van der Waals surface area contributed by atoms with Crippen molar-refractivity contribution in [3.63, 3.8) is 0 Å². The van der Waals surface area contributed by atoms with E-state index in [0.29, 0.717) is 55.9 Å². The van der Waals surface area contributed by atoms with Crippen molar-refractivity contribution < 1.29 is 14.6 Å². The van der Waals surface area contributed by atoms with Crippen molar-refractivity contribution in [2.75, 3.05) is 12.3 Å². The van der Waals surface area contributed by atoms with Crippen LogP contribution in [0.2, 0.25) is 0 Å². The summed E-state index contributed by atoms with van der Waals surface area (Å²) in [5.41, 5.74) is 27.6. The summed E-state index contributed by atoms with van der Waals surface area (Å²) >= 11 is 0. The van der Waals surface area contributed by atoms with Crippen LogP contribution in [0.4, 0.5) is 5.82 Å². The molecule has 9 aromatic rings. The number of ketones is 1. The number of aromatic amines is 2. The highest BCUT2D eigenvalue weighted by molar-refractivity contribution is 5.95. The third-order valence-electron chi connectivity index (χ3n) is 11.9. The van der Waals surface area contributed by atoms with Crippen molar-refractivity contribution in [1.29, 1.82) is 10.8 Å². The molecule has 5 aromatic heterocycles. The smallest absolute Gasteiger partial charge is 0.219 e. The molecule has 15 heteroatoms. The van der Waals surface area contributed by atoms with Gasteiger partial charge in [-0.25, -0.2) is 19.9 Å². The molecule has 9 rings (SSSR count). The number of nitrogens with zero attached hydrogens (tertiary/aromatic N) is 5. The number of nitrogens with one attached hydrogen (secondary N) is 4. The topological polar surface area (TPSA) is 260 Å². The number of rotatable bonds is 19. The van der Waals surface area contributed by atoms with E-state index in [1.165, 1.54) is 0 Å². The van der Waals surface area contributed by atoms with Crippen LogP contribution in [-0.4, -0.2) is 69.6 Å². The van der Waals surface area contributed by atoms with E-state index in [1.54, 1.807) is 17.5 Å². The highest BCUT2D eigenvalue weighted by atomic mass is 16.5. The summed E-state index contributed by atoms with van der Waals surface area (Å²) in [5, 5.41) is 28.0. The van der Waals surface area contributed by atoms with Crippen molar-refractivity contribution in [2.24, 2.45) is 11.5 Å². The third kappa shape index (κ3) is 13.1. The number of aryl methyl sites for hydroxylation is 2. The Morgan fingerprint density at radius 3 is 1.81 bits per heavy atom. The maximum absolute atomic E-state index is 11.6. The van der Waals surface area contributed by atoms with Gasteiger partial charge in [-0.3, -0.25) is 20.0 Å². The number of nitrogen functional groups attached to an aromatic ring is 1. The average Bonchev–Trinajstić information content (AvgIpc) is 4.09. The van der Waals surface area contributed by atoms with Gasteiger partial charge in [-0.05, 0) is 75.6 Å². The molecule has 0 spiro atoms. The number of hydrogen-bond donors (Lipinski definition) is 8. The molecule has 0 fully saturated rings. The van der Waals surface area contributed by atoms with E-state index in [2.05, 4.69) is 32.1 Å². The van der Waals surface area contributed by atoms with E-state index in [4.69, 9.17) is 42.7 Å². The molecular weight excluding hydrogens is 877 g/mol. The number of unbranched alkanes of at least 4 members (excludes halogenated alkanes) is 2. The van der Waals surface area contributed by atoms with E-state index >= 15 is 0 Å². The van der Waals surface area contributed by atoms with Crippen LogP contribution in [0.25, 0.3) is 50.0 Å². The molecule has 0 radical (unpaired) electrons. The highest BCUT2D eigenvalue weighted by Gasteiger charge is 2.19. The number of benzene rings is 4. The van der Waals surface area contributed by atoms with Crippen molar-refractivity contribution in [2.45, 2.75) is 84.2 Å². The monoisotopic (exact) mass is 939 g/mol. The summed E-state index contributed by atoms with van der Waals surface area (Å²) in [6.45, 7) is 4.28. The Morgan fingerprint density at radius 1 is 0.700 bits per heavy atom. The second-order valence-corrected chi connectivity index (χ2v) is 17.1. The number of para-hydroxylation sites is 2. The standard InChI is InChI=1S/C26H26N6O.C17H20N6.C12H16O2/c27-24(28)13-7-6-12-21-25-31-22(14-17-8-2-1-3-9-17)26(33)32(25)16-23(30-21)19-15-29-20-11-5-4-10-18(19)20;18-16(19)8-4-3-7-14-17(20)22-10-15(23-14)12-9-21-13-6-2-1-5-11(12)13;1-3-14-10(2)12(13)9-11-7-5-4-6-8-11/h1-5,8-11,15-16,29,33H,6-7,12-14H2,(H3,27,28);1-2,5-6,9-10,21H,3-4,7-8H2,(H3,18,19)(H2,20,22);4-8,10H,3,9H2,1-2H3. The molecule has 0 saturated heterocycles. The minimum Gasteiger partial charge on any atom is -0.493 e. The third-order valence-corrected chi connectivity index (χ3v) is 11.9. The average molecular weight is 939 g/mol. The number of amidine groups is 2. The number of Topliss-reactive ketones (excluding diaryl/α,β-unsaturated/α-hetero) is 1. The summed E-state index contributed by atoms with van der Waals surface area (Å²) in [6.07, 6.45) is 14.2. The van der Waals surface area contributed by atoms with Crippen molar-refractivity contribution in [1.82, 2.24) is 34.3 Å². The van der Waals surface area contributed by atoms with Crippen LogP contribution in [0, 0.1) is 10.8 Å². The molecule has 0 amide bonds. The summed E-state index contributed by atoms with van der Waals surface area (Å²) in [5.74, 6) is 1.16. The molecule has 0 saturated carbocycles. The zero-order chi connectivity index (χ0) is 49.4. The fourth-order valence-corrected chi connectivity index (χ4v) is 8.17. The molecule has 15 nitrogen and oxygen atoms in total. The lowest BCUT2D eigenvalue weighted by atomic mass is 10.1. The highest BCUT2D eigenvalue weighted by Crippen LogP contribution is 2.32. The largest absolute Gasteiger partial charge is 0.493 e. The van der Waals surface area contributed by atoms with Crippen LogP contribution in [0.3, 0.4) is 0 Å². The second-order valence-electron chi connectivity index (χ2n) is 17.1. The Morgan fingerprint density at radius 2 is 1.23 bits per heavy atom. The van der Waals surface area contributed by atoms with E-state index in [1.807, 2.05) is 123 Å². The van der Waals surface area contributed by atoms with Crippen LogP contribution in [0.1, 0.15) is 80.6 Å². The molecule has 70 heavy (non-hydrogen) atoms. The SMILES string of the molecule is CCOC(C)C(=O)Cc1ccccc1.N=C(N)CCCCc1nc(-c2c[nH]c3ccccc23)cn2c(O)c(Cc3ccccc3)nc12.N=C(N)CCCCc1nc(-c2c[nH]c3ccccc23)cnc1N.